The molecule has 1 aromatic carbocycles. The number of benzene rings is 1. The number of aryl methyl sites for hydroxylation is 1. The first-order valence-corrected chi connectivity index (χ1v) is 6.46. The Labute approximate surface area is 98.5 Å². The predicted octanol–water partition coefficient (Wildman–Crippen LogP) is 3.76. The number of hydrogen-bond acceptors (Lipinski definition) is 1. The number of para-hydroxylation sites is 1. The monoisotopic (exact) mass is 215 g/mol. The van der Waals surface area contributed by atoms with Gasteiger partial charge in [-0.3, -0.25) is 0 Å². The number of hydrogen-bond donors (Lipinski definition) is 0. The Morgan fingerprint density at radius 2 is 2.06 bits per heavy atom. The highest BCUT2D eigenvalue weighted by Crippen LogP contribution is 2.53. The van der Waals surface area contributed by atoms with E-state index in [0.717, 1.165) is 6.04 Å². The van der Waals surface area contributed by atoms with Gasteiger partial charge >= 0.3 is 0 Å². The average Bonchev–Trinajstić information content (AvgIpc) is 2.74. The van der Waals surface area contributed by atoms with E-state index < -0.39 is 0 Å². The molecule has 0 spiro atoms. The molecule has 0 amide bonds. The second-order valence-corrected chi connectivity index (χ2v) is 5.92. The molecule has 3 rings (SSSR count). The molecule has 0 radical (unpaired) electrons. The van der Waals surface area contributed by atoms with E-state index in [1.54, 1.807) is 0 Å². The summed E-state index contributed by atoms with van der Waals surface area (Å²) in [6.45, 7) is 7.11. The van der Waals surface area contributed by atoms with Gasteiger partial charge in [0.05, 0.1) is 0 Å². The van der Waals surface area contributed by atoms with Gasteiger partial charge in [-0.15, -0.1) is 0 Å². The number of anilines is 1. The molecule has 3 atom stereocenters. The second kappa shape index (κ2) is 3.26. The molecular weight excluding hydrogens is 194 g/mol. The van der Waals surface area contributed by atoms with Crippen LogP contribution in [0.25, 0.3) is 0 Å². The van der Waals surface area contributed by atoms with Crippen LogP contribution in [0.4, 0.5) is 5.69 Å². The lowest BCUT2D eigenvalue weighted by molar-refractivity contribution is 0.295. The van der Waals surface area contributed by atoms with E-state index in [1.165, 1.54) is 30.5 Å². The summed E-state index contributed by atoms with van der Waals surface area (Å²) in [5.41, 5.74) is 3.45. The molecule has 0 N–H and O–H groups in total. The van der Waals surface area contributed by atoms with E-state index in [1.807, 2.05) is 0 Å². The zero-order valence-corrected chi connectivity index (χ0v) is 10.5. The zero-order valence-electron chi connectivity index (χ0n) is 10.5. The summed E-state index contributed by atoms with van der Waals surface area (Å²) in [7, 11) is 0. The second-order valence-electron chi connectivity index (χ2n) is 5.92. The van der Waals surface area contributed by atoms with Crippen LogP contribution in [0.15, 0.2) is 24.3 Å². The van der Waals surface area contributed by atoms with Crippen LogP contribution >= 0.6 is 0 Å². The van der Waals surface area contributed by atoms with Crippen molar-refractivity contribution in [3.63, 3.8) is 0 Å². The van der Waals surface area contributed by atoms with Crippen LogP contribution < -0.4 is 4.90 Å². The van der Waals surface area contributed by atoms with Crippen LogP contribution in [0.3, 0.4) is 0 Å². The third-order valence-corrected chi connectivity index (χ3v) is 4.96. The Bertz CT molecular complexity index is 412. The van der Waals surface area contributed by atoms with Crippen molar-refractivity contribution in [2.45, 2.75) is 52.1 Å². The third-order valence-electron chi connectivity index (χ3n) is 4.96. The zero-order chi connectivity index (χ0) is 11.3. The van der Waals surface area contributed by atoms with Crippen molar-refractivity contribution in [1.29, 1.82) is 0 Å². The predicted molar refractivity (Wildman–Crippen MR) is 68.9 cm³/mol. The van der Waals surface area contributed by atoms with Crippen LogP contribution in [0.5, 0.6) is 0 Å². The number of fused-ring (bicyclic) bond motifs is 2. The van der Waals surface area contributed by atoms with E-state index in [4.69, 9.17) is 0 Å². The molecule has 3 unspecified atom stereocenters. The highest BCUT2D eigenvalue weighted by atomic mass is 15.2. The van der Waals surface area contributed by atoms with Crippen molar-refractivity contribution in [3.8, 4) is 0 Å². The van der Waals surface area contributed by atoms with Gasteiger partial charge in [-0.2, -0.15) is 0 Å². The molecule has 1 aromatic rings. The van der Waals surface area contributed by atoms with Gasteiger partial charge in [-0.25, -0.2) is 0 Å². The fraction of sp³-hybridized carbons (Fsp3) is 0.600. The van der Waals surface area contributed by atoms with Crippen molar-refractivity contribution in [1.82, 2.24) is 0 Å². The number of rotatable bonds is 1. The summed E-state index contributed by atoms with van der Waals surface area (Å²) in [6.07, 6.45) is 4.19. The van der Waals surface area contributed by atoms with E-state index >= 15 is 0 Å². The molecule has 1 aliphatic carbocycles. The Balaban J connectivity index is 2.01. The SMILES string of the molecule is Cc1ccccc1N1C2CCC(C)(C2)C1C. The van der Waals surface area contributed by atoms with E-state index in [2.05, 4.69) is 49.9 Å². The Hall–Kier alpha value is -0.980. The molecule has 2 fully saturated rings. The highest BCUT2D eigenvalue weighted by Gasteiger charge is 2.51. The van der Waals surface area contributed by atoms with Crippen molar-refractivity contribution < 1.29 is 0 Å². The quantitative estimate of drug-likeness (QED) is 0.689. The van der Waals surface area contributed by atoms with Gasteiger partial charge < -0.3 is 4.90 Å². The third kappa shape index (κ3) is 1.24. The van der Waals surface area contributed by atoms with Crippen LogP contribution in [0.2, 0.25) is 0 Å². The molecule has 0 aromatic heterocycles. The lowest BCUT2D eigenvalue weighted by Gasteiger charge is -2.40. The van der Waals surface area contributed by atoms with Crippen molar-refractivity contribution in [3.05, 3.63) is 29.8 Å². The van der Waals surface area contributed by atoms with Gasteiger partial charge in [0.15, 0.2) is 0 Å². The standard InChI is InChI=1S/C15H21N/c1-11-6-4-5-7-14(11)16-12(2)15(3)9-8-13(16)10-15/h4-7,12-13H,8-10H2,1-3H3. The minimum absolute atomic E-state index is 0.562. The Kier molecular flexibility index (Phi) is 2.07. The fourth-order valence-electron chi connectivity index (χ4n) is 3.77. The first kappa shape index (κ1) is 10.2. The molecule has 86 valence electrons. The van der Waals surface area contributed by atoms with Gasteiger partial charge in [-0.1, -0.05) is 25.1 Å². The van der Waals surface area contributed by atoms with Gasteiger partial charge in [0.25, 0.3) is 0 Å². The van der Waals surface area contributed by atoms with Crippen LogP contribution in [0.1, 0.15) is 38.7 Å². The van der Waals surface area contributed by atoms with Crippen molar-refractivity contribution >= 4 is 5.69 Å². The minimum atomic E-state index is 0.562. The molecule has 1 nitrogen and oxygen atoms in total. The summed E-state index contributed by atoms with van der Waals surface area (Å²) in [6, 6.07) is 10.3. The molecular formula is C15H21N. The Morgan fingerprint density at radius 3 is 2.69 bits per heavy atom. The van der Waals surface area contributed by atoms with Gasteiger partial charge in [0.1, 0.15) is 0 Å². The molecule has 2 bridgehead atoms. The molecule has 1 heteroatoms. The lowest BCUT2D eigenvalue weighted by atomic mass is 9.82. The van der Waals surface area contributed by atoms with Crippen LogP contribution in [0, 0.1) is 12.3 Å². The summed E-state index contributed by atoms with van der Waals surface area (Å²) < 4.78 is 0. The maximum atomic E-state index is 2.68. The summed E-state index contributed by atoms with van der Waals surface area (Å²) in [4.78, 5) is 2.68. The van der Waals surface area contributed by atoms with Crippen molar-refractivity contribution in [2.75, 3.05) is 4.90 Å². The molecule has 1 saturated heterocycles. The van der Waals surface area contributed by atoms with Gasteiger partial charge in [-0.05, 0) is 50.2 Å². The summed E-state index contributed by atoms with van der Waals surface area (Å²) >= 11 is 0. The first-order chi connectivity index (χ1) is 7.62. The molecule has 1 aliphatic heterocycles. The highest BCUT2D eigenvalue weighted by molar-refractivity contribution is 5.56. The minimum Gasteiger partial charge on any atom is -0.365 e. The topological polar surface area (TPSA) is 3.24 Å². The smallest absolute Gasteiger partial charge is 0.0401 e. The number of nitrogens with zero attached hydrogens (tertiary/aromatic N) is 1. The average molecular weight is 215 g/mol. The molecule has 1 saturated carbocycles. The normalized spacial score (nSPS) is 37.1. The van der Waals surface area contributed by atoms with E-state index in [-0.39, 0.29) is 0 Å². The Morgan fingerprint density at radius 1 is 1.31 bits per heavy atom. The first-order valence-electron chi connectivity index (χ1n) is 6.46. The largest absolute Gasteiger partial charge is 0.365 e. The molecule has 2 aliphatic rings. The maximum absolute atomic E-state index is 2.68. The van der Waals surface area contributed by atoms with Gasteiger partial charge in [0, 0.05) is 17.8 Å². The summed E-state index contributed by atoms with van der Waals surface area (Å²) in [5, 5.41) is 0. The summed E-state index contributed by atoms with van der Waals surface area (Å²) in [5.74, 6) is 0. The van der Waals surface area contributed by atoms with Crippen LogP contribution in [-0.2, 0) is 0 Å². The van der Waals surface area contributed by atoms with Crippen LogP contribution in [-0.4, -0.2) is 12.1 Å². The molecule has 1 heterocycles. The van der Waals surface area contributed by atoms with E-state index in [0.29, 0.717) is 11.5 Å². The van der Waals surface area contributed by atoms with E-state index in [9.17, 15) is 0 Å². The maximum Gasteiger partial charge on any atom is 0.0401 e. The number of piperidine rings is 1. The lowest BCUT2D eigenvalue weighted by Crippen LogP contribution is -2.42. The van der Waals surface area contributed by atoms with Gasteiger partial charge in [0.2, 0.25) is 0 Å². The van der Waals surface area contributed by atoms with Crippen molar-refractivity contribution in [2.24, 2.45) is 5.41 Å². The fourth-order valence-corrected chi connectivity index (χ4v) is 3.77. The molecule has 16 heavy (non-hydrogen) atoms.